The molecule has 44 heavy (non-hydrogen) atoms. The Morgan fingerprint density at radius 2 is 2.00 bits per heavy atom. The maximum absolute atomic E-state index is 13.1. The Hall–Kier alpha value is -4.76. The maximum Gasteiger partial charge on any atom is 0.416 e. The van der Waals surface area contributed by atoms with E-state index in [0.29, 0.717) is 22.6 Å². The molecular weight excluding hydrogens is 583 g/mol. The molecule has 0 saturated carbocycles. The van der Waals surface area contributed by atoms with E-state index in [4.69, 9.17) is 20.2 Å². The lowest BCUT2D eigenvalue weighted by molar-refractivity contribution is -0.152. The monoisotopic (exact) mass is 613 g/mol. The van der Waals surface area contributed by atoms with Crippen molar-refractivity contribution in [3.05, 3.63) is 65.9 Å². The first-order chi connectivity index (χ1) is 20.9. The number of aromatic nitrogens is 4. The van der Waals surface area contributed by atoms with Crippen LogP contribution >= 0.6 is 0 Å². The first kappa shape index (κ1) is 30.7. The van der Waals surface area contributed by atoms with Crippen molar-refractivity contribution in [2.75, 3.05) is 30.8 Å². The summed E-state index contributed by atoms with van der Waals surface area (Å²) in [5, 5.41) is 12.3. The summed E-state index contributed by atoms with van der Waals surface area (Å²) in [6.07, 6.45) is -2.33. The van der Waals surface area contributed by atoms with Crippen LogP contribution < -0.4 is 15.8 Å². The van der Waals surface area contributed by atoms with Crippen LogP contribution in [0, 0.1) is 0 Å². The third kappa shape index (κ3) is 6.01. The topological polar surface area (TPSA) is 157 Å². The Morgan fingerprint density at radius 1 is 1.23 bits per heavy atom. The number of fused-ring (bicyclic) bond motifs is 1. The molecule has 1 fully saturated rings. The zero-order valence-corrected chi connectivity index (χ0v) is 24.0. The number of nitrogens with zero attached hydrogens (tertiary/aromatic N) is 5. The summed E-state index contributed by atoms with van der Waals surface area (Å²) in [7, 11) is 0. The van der Waals surface area contributed by atoms with Crippen LogP contribution in [0.2, 0.25) is 0 Å². The van der Waals surface area contributed by atoms with Crippen molar-refractivity contribution in [2.45, 2.75) is 45.2 Å². The second kappa shape index (κ2) is 12.1. The summed E-state index contributed by atoms with van der Waals surface area (Å²) < 4.78 is 53.0. The number of hydrogen-bond acceptors (Lipinski definition) is 9. The van der Waals surface area contributed by atoms with Crippen molar-refractivity contribution in [1.82, 2.24) is 24.3 Å². The van der Waals surface area contributed by atoms with Gasteiger partial charge in [-0.2, -0.15) is 13.2 Å². The molecule has 0 bridgehead atoms. The summed E-state index contributed by atoms with van der Waals surface area (Å²) in [6, 6.07) is 5.80. The Balaban J connectivity index is 1.52. The molecule has 4 aromatic rings. The quantitative estimate of drug-likeness (QED) is 0.283. The lowest BCUT2D eigenvalue weighted by Gasteiger charge is -2.38. The number of pyridine rings is 1. The van der Waals surface area contributed by atoms with Gasteiger partial charge < -0.3 is 30.5 Å². The number of nitrogens with two attached hydrogens (primary N) is 1. The van der Waals surface area contributed by atoms with Crippen molar-refractivity contribution in [3.63, 3.8) is 0 Å². The molecule has 5 rings (SSSR count). The minimum absolute atomic E-state index is 0.100. The van der Waals surface area contributed by atoms with Gasteiger partial charge in [-0.25, -0.2) is 15.0 Å². The van der Waals surface area contributed by atoms with Crippen LogP contribution in [0.3, 0.4) is 0 Å². The molecule has 1 saturated heterocycles. The molecule has 0 radical (unpaired) electrons. The number of amides is 2. The number of ether oxygens (including phenoxy) is 2. The second-order valence-electron chi connectivity index (χ2n) is 10.2. The van der Waals surface area contributed by atoms with Gasteiger partial charge in [0.05, 0.1) is 31.4 Å². The van der Waals surface area contributed by atoms with Gasteiger partial charge in [-0.1, -0.05) is 0 Å². The SMILES string of the molecule is CCOc1cc(C(=O)Nc2cc(C(F)(F)F)ccn2)ccc1-c1nc([C@H]2CN(C(=O)C(C)O)[C@@H](C)CO2)n2ccnc(N)c12. The minimum Gasteiger partial charge on any atom is -0.493 e. The highest BCUT2D eigenvalue weighted by atomic mass is 19.4. The fraction of sp³-hybridized carbons (Fsp3) is 0.345. The molecule has 232 valence electrons. The molecule has 3 aromatic heterocycles. The molecule has 3 atom stereocenters. The number of imidazole rings is 1. The molecule has 12 nitrogen and oxygen atoms in total. The van der Waals surface area contributed by atoms with Gasteiger partial charge in [-0.15, -0.1) is 0 Å². The third-order valence-electron chi connectivity index (χ3n) is 7.10. The van der Waals surface area contributed by atoms with Gasteiger partial charge in [-0.3, -0.25) is 14.0 Å². The van der Waals surface area contributed by atoms with Gasteiger partial charge in [0.25, 0.3) is 11.8 Å². The number of halogens is 3. The molecule has 1 aliphatic heterocycles. The summed E-state index contributed by atoms with van der Waals surface area (Å²) in [5.74, 6) is -0.549. The largest absolute Gasteiger partial charge is 0.493 e. The van der Waals surface area contributed by atoms with Crippen molar-refractivity contribution in [1.29, 1.82) is 0 Å². The number of benzene rings is 1. The van der Waals surface area contributed by atoms with E-state index in [1.165, 1.54) is 25.3 Å². The number of alkyl halides is 3. The van der Waals surface area contributed by atoms with Crippen LogP contribution in [-0.4, -0.2) is 73.1 Å². The van der Waals surface area contributed by atoms with E-state index in [-0.39, 0.29) is 48.7 Å². The molecule has 1 unspecified atom stereocenters. The van der Waals surface area contributed by atoms with E-state index >= 15 is 0 Å². The Morgan fingerprint density at radius 3 is 2.70 bits per heavy atom. The molecule has 1 aromatic carbocycles. The predicted molar refractivity (Wildman–Crippen MR) is 153 cm³/mol. The number of hydrogen-bond donors (Lipinski definition) is 3. The average Bonchev–Trinajstić information content (AvgIpc) is 3.37. The number of aliphatic hydroxyl groups excluding tert-OH is 1. The van der Waals surface area contributed by atoms with Crippen LogP contribution in [0.15, 0.2) is 48.9 Å². The van der Waals surface area contributed by atoms with Crippen molar-refractivity contribution in [3.8, 4) is 17.0 Å². The number of anilines is 2. The van der Waals surface area contributed by atoms with E-state index in [2.05, 4.69) is 15.3 Å². The number of carbonyl (C=O) groups excluding carboxylic acids is 2. The number of aliphatic hydroxyl groups is 1. The van der Waals surface area contributed by atoms with Gasteiger partial charge in [0.15, 0.2) is 0 Å². The number of nitrogen functional groups attached to an aromatic ring is 1. The highest BCUT2D eigenvalue weighted by Gasteiger charge is 2.35. The molecule has 1 aliphatic rings. The number of nitrogens with one attached hydrogen (secondary N) is 1. The molecule has 0 aliphatic carbocycles. The zero-order chi connectivity index (χ0) is 31.8. The molecule has 0 spiro atoms. The maximum atomic E-state index is 13.1. The molecular formula is C29H30F3N7O5. The number of rotatable bonds is 7. The Bertz CT molecular complexity index is 1710. The lowest BCUT2D eigenvalue weighted by atomic mass is 10.1. The minimum atomic E-state index is -4.60. The van der Waals surface area contributed by atoms with Gasteiger partial charge in [0.1, 0.15) is 46.6 Å². The molecule has 2 amide bonds. The summed E-state index contributed by atoms with van der Waals surface area (Å²) in [4.78, 5) is 40.1. The molecule has 4 heterocycles. The van der Waals surface area contributed by atoms with E-state index in [1.54, 1.807) is 28.5 Å². The Kier molecular flexibility index (Phi) is 8.43. The van der Waals surface area contributed by atoms with Gasteiger partial charge in [0.2, 0.25) is 0 Å². The van der Waals surface area contributed by atoms with Crippen LogP contribution in [0.5, 0.6) is 5.75 Å². The standard InChI is InChI=1S/C29H30F3N7O5/c1-4-43-20-11-17(27(41)36-22-12-18(7-8-34-22)29(30,31)32)5-6-19(20)23-24-25(33)35-9-10-38(24)26(37-23)21-13-39(15(2)14-44-21)28(42)16(3)40/h5-12,15-16,21,40H,4,13-14H2,1-3H3,(H2,33,35)(H,34,36,41)/t15-,16?,21+/m0/s1. The van der Waals surface area contributed by atoms with Crippen LogP contribution in [0.1, 0.15) is 48.6 Å². The third-order valence-corrected chi connectivity index (χ3v) is 7.10. The summed E-state index contributed by atoms with van der Waals surface area (Å²) in [6.45, 7) is 5.54. The fourth-order valence-electron chi connectivity index (χ4n) is 4.96. The lowest BCUT2D eigenvalue weighted by Crippen LogP contribution is -2.51. The molecule has 15 heteroatoms. The Labute approximate surface area is 249 Å². The predicted octanol–water partition coefficient (Wildman–Crippen LogP) is 3.71. The van der Waals surface area contributed by atoms with Crippen LogP contribution in [0.25, 0.3) is 16.8 Å². The van der Waals surface area contributed by atoms with E-state index in [1.807, 2.05) is 6.92 Å². The van der Waals surface area contributed by atoms with Crippen LogP contribution in [-0.2, 0) is 15.7 Å². The van der Waals surface area contributed by atoms with E-state index in [9.17, 15) is 27.9 Å². The second-order valence-corrected chi connectivity index (χ2v) is 10.2. The highest BCUT2D eigenvalue weighted by Crippen LogP contribution is 2.38. The number of carbonyl (C=O) groups is 2. The van der Waals surface area contributed by atoms with Gasteiger partial charge in [0, 0.05) is 29.7 Å². The first-order valence-corrected chi connectivity index (χ1v) is 13.7. The van der Waals surface area contributed by atoms with Crippen molar-refractivity contribution >= 4 is 29.0 Å². The summed E-state index contributed by atoms with van der Waals surface area (Å²) >= 11 is 0. The highest BCUT2D eigenvalue weighted by molar-refractivity contribution is 6.04. The van der Waals surface area contributed by atoms with Gasteiger partial charge in [-0.05, 0) is 51.1 Å². The first-order valence-electron chi connectivity index (χ1n) is 13.7. The van der Waals surface area contributed by atoms with Crippen molar-refractivity contribution in [2.24, 2.45) is 0 Å². The fourth-order valence-corrected chi connectivity index (χ4v) is 4.96. The normalized spacial score (nSPS) is 17.8. The average molecular weight is 614 g/mol. The van der Waals surface area contributed by atoms with E-state index < -0.39 is 35.8 Å². The van der Waals surface area contributed by atoms with Gasteiger partial charge >= 0.3 is 6.18 Å². The van der Waals surface area contributed by atoms with Crippen LogP contribution in [0.4, 0.5) is 24.8 Å². The zero-order valence-electron chi connectivity index (χ0n) is 24.0. The molecule has 4 N–H and O–H groups in total. The summed E-state index contributed by atoms with van der Waals surface area (Å²) in [5.41, 5.74) is 6.72. The van der Waals surface area contributed by atoms with E-state index in [0.717, 1.165) is 18.3 Å². The van der Waals surface area contributed by atoms with Crippen molar-refractivity contribution < 1.29 is 37.3 Å². The smallest absolute Gasteiger partial charge is 0.416 e. The number of morpholine rings is 1.